The summed E-state index contributed by atoms with van der Waals surface area (Å²) in [7, 11) is 0. The van der Waals surface area contributed by atoms with Gasteiger partial charge in [0.05, 0.1) is 0 Å². The molecule has 1 aliphatic rings. The molecule has 1 unspecified atom stereocenters. The molecule has 0 aliphatic carbocycles. The van der Waals surface area contributed by atoms with Crippen LogP contribution in [-0.4, -0.2) is 17.5 Å². The molecule has 1 aliphatic heterocycles. The Morgan fingerprint density at radius 2 is 2.50 bits per heavy atom. The maximum absolute atomic E-state index is 9.05. The SMILES string of the molecule is CCC1CCCN(c2snc(N)c2C#N)C1. The first-order chi connectivity index (χ1) is 7.76. The Bertz CT molecular complexity index is 407. The highest BCUT2D eigenvalue weighted by Crippen LogP contribution is 2.33. The van der Waals surface area contributed by atoms with Gasteiger partial charge in [-0.25, -0.2) is 0 Å². The van der Waals surface area contributed by atoms with E-state index in [0.29, 0.717) is 11.4 Å². The largest absolute Gasteiger partial charge is 0.382 e. The molecule has 1 aromatic heterocycles. The fourth-order valence-corrected chi connectivity index (χ4v) is 3.00. The van der Waals surface area contributed by atoms with Crippen LogP contribution in [0.1, 0.15) is 31.7 Å². The third-order valence-corrected chi connectivity index (χ3v) is 4.12. The zero-order valence-electron chi connectivity index (χ0n) is 9.44. The van der Waals surface area contributed by atoms with Crippen molar-refractivity contribution in [3.8, 4) is 6.07 Å². The molecule has 2 heterocycles. The number of nitrogens with two attached hydrogens (primary N) is 1. The summed E-state index contributed by atoms with van der Waals surface area (Å²) in [6, 6.07) is 2.16. The Balaban J connectivity index is 2.20. The van der Waals surface area contributed by atoms with Crippen molar-refractivity contribution in [2.45, 2.75) is 26.2 Å². The molecule has 1 atom stereocenters. The number of piperidine rings is 1. The number of rotatable bonds is 2. The van der Waals surface area contributed by atoms with Crippen LogP contribution in [0, 0.1) is 17.2 Å². The summed E-state index contributed by atoms with van der Waals surface area (Å²) in [5.74, 6) is 1.12. The minimum atomic E-state index is 0.376. The number of nitrogen functional groups attached to an aromatic ring is 1. The van der Waals surface area contributed by atoms with E-state index in [1.807, 2.05) is 0 Å². The summed E-state index contributed by atoms with van der Waals surface area (Å²) in [5.41, 5.74) is 6.23. The fourth-order valence-electron chi connectivity index (χ4n) is 2.20. The van der Waals surface area contributed by atoms with E-state index in [1.165, 1.54) is 30.8 Å². The maximum Gasteiger partial charge on any atom is 0.157 e. The molecule has 0 radical (unpaired) electrons. The predicted octanol–water partition coefficient (Wildman–Crippen LogP) is 2.22. The molecule has 5 heteroatoms. The molecular weight excluding hydrogens is 220 g/mol. The third kappa shape index (κ3) is 1.98. The second-order valence-electron chi connectivity index (χ2n) is 4.22. The maximum atomic E-state index is 9.05. The van der Waals surface area contributed by atoms with Crippen molar-refractivity contribution in [3.05, 3.63) is 5.56 Å². The predicted molar refractivity (Wildman–Crippen MR) is 66.5 cm³/mol. The molecule has 86 valence electrons. The Hall–Kier alpha value is -1.28. The van der Waals surface area contributed by atoms with Crippen molar-refractivity contribution >= 4 is 22.4 Å². The molecule has 1 aromatic rings. The van der Waals surface area contributed by atoms with E-state index in [2.05, 4.69) is 22.3 Å². The van der Waals surface area contributed by atoms with Crippen LogP contribution < -0.4 is 10.6 Å². The van der Waals surface area contributed by atoms with E-state index < -0.39 is 0 Å². The molecule has 0 spiro atoms. The highest BCUT2D eigenvalue weighted by atomic mass is 32.1. The molecular formula is C11H16N4S. The average Bonchev–Trinajstić information content (AvgIpc) is 2.70. The van der Waals surface area contributed by atoms with Crippen LogP contribution >= 0.6 is 11.5 Å². The summed E-state index contributed by atoms with van der Waals surface area (Å²) in [4.78, 5) is 2.27. The molecule has 1 fully saturated rings. The highest BCUT2D eigenvalue weighted by molar-refractivity contribution is 7.10. The number of aromatic nitrogens is 1. The lowest BCUT2D eigenvalue weighted by Gasteiger charge is -2.32. The molecule has 16 heavy (non-hydrogen) atoms. The summed E-state index contributed by atoms with van der Waals surface area (Å²) in [6.45, 7) is 4.28. The van der Waals surface area contributed by atoms with Gasteiger partial charge in [-0.1, -0.05) is 13.3 Å². The van der Waals surface area contributed by atoms with Gasteiger partial charge in [0.15, 0.2) is 5.82 Å². The van der Waals surface area contributed by atoms with Crippen molar-refractivity contribution in [2.75, 3.05) is 23.7 Å². The molecule has 0 bridgehead atoms. The van der Waals surface area contributed by atoms with E-state index in [1.54, 1.807) is 0 Å². The third-order valence-electron chi connectivity index (χ3n) is 3.20. The van der Waals surface area contributed by atoms with Crippen LogP contribution in [0.15, 0.2) is 0 Å². The lowest BCUT2D eigenvalue weighted by atomic mass is 9.96. The molecule has 0 saturated carbocycles. The van der Waals surface area contributed by atoms with Gasteiger partial charge in [0.1, 0.15) is 16.6 Å². The van der Waals surface area contributed by atoms with Gasteiger partial charge < -0.3 is 10.6 Å². The van der Waals surface area contributed by atoms with Crippen LogP contribution in [0.4, 0.5) is 10.8 Å². The quantitative estimate of drug-likeness (QED) is 0.855. The Morgan fingerprint density at radius 1 is 1.69 bits per heavy atom. The number of hydrogen-bond donors (Lipinski definition) is 1. The first-order valence-corrected chi connectivity index (χ1v) is 6.43. The zero-order chi connectivity index (χ0) is 11.5. The normalized spacial score (nSPS) is 20.8. The number of anilines is 2. The second-order valence-corrected chi connectivity index (χ2v) is 4.97. The van der Waals surface area contributed by atoms with Gasteiger partial charge in [-0.2, -0.15) is 9.64 Å². The van der Waals surface area contributed by atoms with Gasteiger partial charge in [0.2, 0.25) is 0 Å². The molecule has 1 saturated heterocycles. The van der Waals surface area contributed by atoms with E-state index in [0.717, 1.165) is 24.0 Å². The second kappa shape index (κ2) is 4.71. The summed E-state index contributed by atoms with van der Waals surface area (Å²) in [5, 5.41) is 10.0. The minimum absolute atomic E-state index is 0.376. The first-order valence-electron chi connectivity index (χ1n) is 5.66. The van der Waals surface area contributed by atoms with Gasteiger partial charge >= 0.3 is 0 Å². The standard InChI is InChI=1S/C11H16N4S/c1-2-8-4-3-5-15(7-8)11-9(6-12)10(13)14-16-11/h8H,2-5,7H2,1H3,(H2,13,14). The van der Waals surface area contributed by atoms with Crippen molar-refractivity contribution < 1.29 is 0 Å². The zero-order valence-corrected chi connectivity index (χ0v) is 10.3. The fraction of sp³-hybridized carbons (Fsp3) is 0.636. The summed E-state index contributed by atoms with van der Waals surface area (Å²) >= 11 is 1.35. The number of nitriles is 1. The van der Waals surface area contributed by atoms with E-state index >= 15 is 0 Å². The van der Waals surface area contributed by atoms with Crippen LogP contribution in [0.25, 0.3) is 0 Å². The van der Waals surface area contributed by atoms with Gasteiger partial charge in [0, 0.05) is 13.1 Å². The molecule has 2 N–H and O–H groups in total. The van der Waals surface area contributed by atoms with Crippen molar-refractivity contribution in [1.82, 2.24) is 4.37 Å². The van der Waals surface area contributed by atoms with Gasteiger partial charge in [-0.05, 0) is 30.3 Å². The molecule has 4 nitrogen and oxygen atoms in total. The van der Waals surface area contributed by atoms with Crippen LogP contribution in [0.3, 0.4) is 0 Å². The van der Waals surface area contributed by atoms with E-state index in [4.69, 9.17) is 11.0 Å². The van der Waals surface area contributed by atoms with Crippen molar-refractivity contribution in [1.29, 1.82) is 5.26 Å². The monoisotopic (exact) mass is 236 g/mol. The Kier molecular flexibility index (Phi) is 3.30. The summed E-state index contributed by atoms with van der Waals surface area (Å²) < 4.78 is 4.07. The molecule has 0 aromatic carbocycles. The van der Waals surface area contributed by atoms with Gasteiger partial charge in [0.25, 0.3) is 0 Å². The highest BCUT2D eigenvalue weighted by Gasteiger charge is 2.23. The lowest BCUT2D eigenvalue weighted by Crippen LogP contribution is -2.35. The van der Waals surface area contributed by atoms with Gasteiger partial charge in [-0.3, -0.25) is 0 Å². The summed E-state index contributed by atoms with van der Waals surface area (Å²) in [6.07, 6.45) is 3.69. The molecule has 0 amide bonds. The number of hydrogen-bond acceptors (Lipinski definition) is 5. The topological polar surface area (TPSA) is 65.9 Å². The van der Waals surface area contributed by atoms with Crippen molar-refractivity contribution in [2.24, 2.45) is 5.92 Å². The Labute approximate surface area is 99.8 Å². The van der Waals surface area contributed by atoms with Crippen LogP contribution in [0.5, 0.6) is 0 Å². The van der Waals surface area contributed by atoms with Crippen molar-refractivity contribution in [3.63, 3.8) is 0 Å². The lowest BCUT2D eigenvalue weighted by molar-refractivity contribution is 0.406. The molecule has 2 rings (SSSR count). The van der Waals surface area contributed by atoms with Gasteiger partial charge in [-0.15, -0.1) is 0 Å². The smallest absolute Gasteiger partial charge is 0.157 e. The first kappa shape index (κ1) is 11.2. The van der Waals surface area contributed by atoms with Crippen LogP contribution in [-0.2, 0) is 0 Å². The Morgan fingerprint density at radius 3 is 3.19 bits per heavy atom. The van der Waals surface area contributed by atoms with Crippen LogP contribution in [0.2, 0.25) is 0 Å². The van der Waals surface area contributed by atoms with E-state index in [-0.39, 0.29) is 0 Å². The average molecular weight is 236 g/mol. The number of nitrogens with zero attached hydrogens (tertiary/aromatic N) is 3. The minimum Gasteiger partial charge on any atom is -0.382 e. The van der Waals surface area contributed by atoms with E-state index in [9.17, 15) is 0 Å².